The number of carbonyl (C=O) groups excluding carboxylic acids is 2. The summed E-state index contributed by atoms with van der Waals surface area (Å²) in [6, 6.07) is 11.9. The second kappa shape index (κ2) is 6.93. The van der Waals surface area contributed by atoms with E-state index in [1.165, 1.54) is 18.9 Å². The number of nitrogens with zero attached hydrogens (tertiary/aromatic N) is 1. The lowest BCUT2D eigenvalue weighted by molar-refractivity contribution is -0.118. The smallest absolute Gasteiger partial charge is 0.413 e. The Morgan fingerprint density at radius 2 is 2.00 bits per heavy atom. The van der Waals surface area contributed by atoms with Gasteiger partial charge in [-0.1, -0.05) is 24.3 Å². The topological polar surface area (TPSA) is 58.6 Å². The molecule has 22 heavy (non-hydrogen) atoms. The molecule has 5 heteroatoms. The van der Waals surface area contributed by atoms with E-state index in [1.807, 2.05) is 36.4 Å². The van der Waals surface area contributed by atoms with Crippen LogP contribution in [0.25, 0.3) is 10.8 Å². The lowest BCUT2D eigenvalue weighted by atomic mass is 10.0. The zero-order valence-corrected chi connectivity index (χ0v) is 13.1. The Morgan fingerprint density at radius 1 is 1.23 bits per heavy atom. The second-order valence-corrected chi connectivity index (χ2v) is 5.08. The molecule has 2 aromatic carbocycles. The zero-order chi connectivity index (χ0) is 16.1. The van der Waals surface area contributed by atoms with Crippen LogP contribution in [0.4, 0.5) is 10.5 Å². The van der Waals surface area contributed by atoms with Crippen molar-refractivity contribution in [1.82, 2.24) is 5.32 Å². The molecule has 0 spiro atoms. The number of hydrogen-bond donors (Lipinski definition) is 1. The van der Waals surface area contributed by atoms with Gasteiger partial charge in [0.1, 0.15) is 0 Å². The lowest BCUT2D eigenvalue weighted by Gasteiger charge is -2.17. The summed E-state index contributed by atoms with van der Waals surface area (Å²) in [5, 5.41) is 4.97. The molecule has 0 radical (unpaired) electrons. The van der Waals surface area contributed by atoms with Gasteiger partial charge in [-0.05, 0) is 34.9 Å². The fraction of sp³-hybridized carbons (Fsp3) is 0.294. The normalized spacial score (nSPS) is 10.3. The first kappa shape index (κ1) is 15.8. The standard InChI is InChI=1S/C17H20N2O3/c1-12(20)18-10-9-14-6-4-5-13-7-8-15(11-16(13)14)19(2)17(21)22-3/h4-8,11H,9-10H2,1-3H3,(H,18,20). The van der Waals surface area contributed by atoms with Gasteiger partial charge in [0.05, 0.1) is 7.11 Å². The minimum atomic E-state index is -0.407. The summed E-state index contributed by atoms with van der Waals surface area (Å²) in [5.74, 6) is -0.0358. The van der Waals surface area contributed by atoms with E-state index in [0.717, 1.165) is 28.4 Å². The van der Waals surface area contributed by atoms with E-state index >= 15 is 0 Å². The summed E-state index contributed by atoms with van der Waals surface area (Å²) >= 11 is 0. The maximum absolute atomic E-state index is 11.6. The molecule has 116 valence electrons. The number of amides is 2. The molecule has 2 rings (SSSR count). The highest BCUT2D eigenvalue weighted by atomic mass is 16.5. The van der Waals surface area contributed by atoms with Crippen molar-refractivity contribution in [2.45, 2.75) is 13.3 Å². The van der Waals surface area contributed by atoms with Gasteiger partial charge in [0.15, 0.2) is 0 Å². The second-order valence-electron chi connectivity index (χ2n) is 5.08. The van der Waals surface area contributed by atoms with Crippen molar-refractivity contribution in [3.8, 4) is 0 Å². The predicted octanol–water partition coefficient (Wildman–Crippen LogP) is 2.72. The van der Waals surface area contributed by atoms with Crippen LogP contribution in [0.2, 0.25) is 0 Å². The number of carbonyl (C=O) groups is 2. The van der Waals surface area contributed by atoms with E-state index in [4.69, 9.17) is 4.74 Å². The minimum Gasteiger partial charge on any atom is -0.452 e. The van der Waals surface area contributed by atoms with Crippen LogP contribution in [0, 0.1) is 0 Å². The van der Waals surface area contributed by atoms with Crippen molar-refractivity contribution in [2.75, 3.05) is 25.6 Å². The maximum Gasteiger partial charge on any atom is 0.413 e. The van der Waals surface area contributed by atoms with Crippen LogP contribution < -0.4 is 10.2 Å². The average Bonchev–Trinajstić information content (AvgIpc) is 2.52. The Labute approximate surface area is 129 Å². The Kier molecular flexibility index (Phi) is 4.99. The third-order valence-electron chi connectivity index (χ3n) is 3.56. The van der Waals surface area contributed by atoms with Gasteiger partial charge in [0.25, 0.3) is 0 Å². The van der Waals surface area contributed by atoms with Gasteiger partial charge in [0.2, 0.25) is 5.91 Å². The van der Waals surface area contributed by atoms with Crippen molar-refractivity contribution in [1.29, 1.82) is 0 Å². The summed E-state index contributed by atoms with van der Waals surface area (Å²) in [4.78, 5) is 24.1. The Morgan fingerprint density at radius 3 is 2.68 bits per heavy atom. The van der Waals surface area contributed by atoms with E-state index < -0.39 is 6.09 Å². The highest BCUT2D eigenvalue weighted by molar-refractivity contribution is 5.93. The van der Waals surface area contributed by atoms with E-state index in [1.54, 1.807) is 7.05 Å². The Balaban J connectivity index is 2.32. The van der Waals surface area contributed by atoms with Crippen LogP contribution in [0.15, 0.2) is 36.4 Å². The van der Waals surface area contributed by atoms with E-state index in [0.29, 0.717) is 6.54 Å². The van der Waals surface area contributed by atoms with Gasteiger partial charge < -0.3 is 10.1 Å². The first-order valence-electron chi connectivity index (χ1n) is 7.10. The number of methoxy groups -OCH3 is 1. The van der Waals surface area contributed by atoms with Gasteiger partial charge in [-0.25, -0.2) is 4.79 Å². The Bertz CT molecular complexity index is 697. The number of nitrogens with one attached hydrogen (secondary N) is 1. The van der Waals surface area contributed by atoms with Crippen molar-refractivity contribution in [3.05, 3.63) is 42.0 Å². The molecule has 1 N–H and O–H groups in total. The molecular formula is C17H20N2O3. The van der Waals surface area contributed by atoms with Crippen LogP contribution in [0.3, 0.4) is 0 Å². The number of rotatable bonds is 4. The number of hydrogen-bond acceptors (Lipinski definition) is 3. The van der Waals surface area contributed by atoms with Gasteiger partial charge in [0, 0.05) is 26.2 Å². The van der Waals surface area contributed by atoms with E-state index in [-0.39, 0.29) is 5.91 Å². The highest BCUT2D eigenvalue weighted by Crippen LogP contribution is 2.25. The third-order valence-corrected chi connectivity index (χ3v) is 3.56. The molecular weight excluding hydrogens is 280 g/mol. The van der Waals surface area contributed by atoms with Crippen LogP contribution in [0.1, 0.15) is 12.5 Å². The summed E-state index contributed by atoms with van der Waals surface area (Å²) < 4.78 is 4.74. The van der Waals surface area contributed by atoms with E-state index in [2.05, 4.69) is 5.32 Å². The van der Waals surface area contributed by atoms with Crippen molar-refractivity contribution >= 4 is 28.5 Å². The summed E-state index contributed by atoms with van der Waals surface area (Å²) in [5.41, 5.74) is 1.90. The molecule has 2 amide bonds. The molecule has 0 saturated heterocycles. The molecule has 0 fully saturated rings. The van der Waals surface area contributed by atoms with Crippen molar-refractivity contribution in [3.63, 3.8) is 0 Å². The van der Waals surface area contributed by atoms with Gasteiger partial charge in [-0.3, -0.25) is 9.69 Å². The quantitative estimate of drug-likeness (QED) is 0.944. The van der Waals surface area contributed by atoms with Crippen LogP contribution in [-0.4, -0.2) is 32.7 Å². The van der Waals surface area contributed by atoms with Crippen LogP contribution in [-0.2, 0) is 16.0 Å². The largest absolute Gasteiger partial charge is 0.452 e. The first-order chi connectivity index (χ1) is 10.5. The molecule has 0 heterocycles. The van der Waals surface area contributed by atoms with Gasteiger partial charge >= 0.3 is 6.09 Å². The SMILES string of the molecule is COC(=O)N(C)c1ccc2cccc(CCNC(C)=O)c2c1. The third kappa shape index (κ3) is 3.55. The molecule has 0 aliphatic rings. The molecule has 0 atom stereocenters. The van der Waals surface area contributed by atoms with Gasteiger partial charge in [-0.2, -0.15) is 0 Å². The van der Waals surface area contributed by atoms with Crippen molar-refractivity contribution < 1.29 is 14.3 Å². The number of ether oxygens (including phenoxy) is 1. The lowest BCUT2D eigenvalue weighted by Crippen LogP contribution is -2.25. The predicted molar refractivity (Wildman–Crippen MR) is 87.1 cm³/mol. The fourth-order valence-corrected chi connectivity index (χ4v) is 2.37. The molecule has 0 unspecified atom stereocenters. The fourth-order valence-electron chi connectivity index (χ4n) is 2.37. The molecule has 2 aromatic rings. The molecule has 0 aromatic heterocycles. The van der Waals surface area contributed by atoms with Gasteiger partial charge in [-0.15, -0.1) is 0 Å². The Hall–Kier alpha value is -2.56. The minimum absolute atomic E-state index is 0.0358. The van der Waals surface area contributed by atoms with Crippen molar-refractivity contribution in [2.24, 2.45) is 0 Å². The number of anilines is 1. The van der Waals surface area contributed by atoms with E-state index in [9.17, 15) is 9.59 Å². The molecule has 0 bridgehead atoms. The molecule has 0 saturated carbocycles. The van der Waals surface area contributed by atoms with Crippen LogP contribution in [0.5, 0.6) is 0 Å². The molecule has 5 nitrogen and oxygen atoms in total. The monoisotopic (exact) mass is 300 g/mol. The number of fused-ring (bicyclic) bond motifs is 1. The molecule has 0 aliphatic carbocycles. The molecule has 0 aliphatic heterocycles. The summed E-state index contributed by atoms with van der Waals surface area (Å²) in [6.45, 7) is 2.10. The maximum atomic E-state index is 11.6. The number of benzene rings is 2. The first-order valence-corrected chi connectivity index (χ1v) is 7.10. The highest BCUT2D eigenvalue weighted by Gasteiger charge is 2.11. The summed E-state index contributed by atoms with van der Waals surface area (Å²) in [7, 11) is 3.03. The average molecular weight is 300 g/mol. The zero-order valence-electron chi connectivity index (χ0n) is 13.1. The summed E-state index contributed by atoms with van der Waals surface area (Å²) in [6.07, 6.45) is 0.331. The van der Waals surface area contributed by atoms with Crippen LogP contribution >= 0.6 is 0 Å².